The summed E-state index contributed by atoms with van der Waals surface area (Å²) >= 11 is 0. The summed E-state index contributed by atoms with van der Waals surface area (Å²) in [6.07, 6.45) is 4.92. The van der Waals surface area contributed by atoms with Gasteiger partial charge < -0.3 is 13.7 Å². The molecule has 3 aromatic rings. The van der Waals surface area contributed by atoms with Crippen LogP contribution >= 0.6 is 0 Å². The van der Waals surface area contributed by atoms with Gasteiger partial charge in [-0.2, -0.15) is 0 Å². The van der Waals surface area contributed by atoms with Gasteiger partial charge in [0.1, 0.15) is 17.9 Å². The third kappa shape index (κ3) is 3.06. The zero-order chi connectivity index (χ0) is 17.4. The lowest BCUT2D eigenvalue weighted by Gasteiger charge is -2.07. The van der Waals surface area contributed by atoms with Gasteiger partial charge in [0, 0.05) is 29.0 Å². The highest BCUT2D eigenvalue weighted by Crippen LogP contribution is 2.33. The lowest BCUT2D eigenvalue weighted by Crippen LogP contribution is -2.05. The molecule has 0 unspecified atom stereocenters. The monoisotopic (exact) mass is 339 g/mol. The smallest absolute Gasteiger partial charge is 0.339 e. The number of ether oxygens (including phenoxy) is 1. The first-order chi connectivity index (χ1) is 12.1. The van der Waals surface area contributed by atoms with Crippen LogP contribution in [0.2, 0.25) is 0 Å². The SMILES string of the molecule is Cc1c(C)c2ccc(OCc3cc(C4CCCC4)no3)cc2oc1=O. The van der Waals surface area contributed by atoms with Gasteiger partial charge in [-0.1, -0.05) is 18.0 Å². The average molecular weight is 339 g/mol. The van der Waals surface area contributed by atoms with E-state index >= 15 is 0 Å². The van der Waals surface area contributed by atoms with E-state index in [1.807, 2.05) is 25.1 Å². The number of aromatic nitrogens is 1. The second-order valence-electron chi connectivity index (χ2n) is 6.79. The van der Waals surface area contributed by atoms with E-state index in [0.29, 0.717) is 35.2 Å². The van der Waals surface area contributed by atoms with E-state index in [1.54, 1.807) is 13.0 Å². The molecule has 2 heterocycles. The van der Waals surface area contributed by atoms with E-state index in [-0.39, 0.29) is 5.63 Å². The normalized spacial score (nSPS) is 15.1. The van der Waals surface area contributed by atoms with E-state index in [2.05, 4.69) is 5.16 Å². The first-order valence-electron chi connectivity index (χ1n) is 8.74. The second-order valence-corrected chi connectivity index (χ2v) is 6.79. The standard InChI is InChI=1S/C20H21NO4/c1-12-13(2)20(22)24-19-10-15(7-8-17(12)19)23-11-16-9-18(21-25-16)14-5-3-4-6-14/h7-10,14H,3-6,11H2,1-2H3. The van der Waals surface area contributed by atoms with Gasteiger partial charge in [-0.3, -0.25) is 0 Å². The van der Waals surface area contributed by atoms with Crippen molar-refractivity contribution in [3.8, 4) is 5.75 Å². The van der Waals surface area contributed by atoms with E-state index in [0.717, 1.165) is 16.6 Å². The topological polar surface area (TPSA) is 65.5 Å². The van der Waals surface area contributed by atoms with Crippen LogP contribution in [0.3, 0.4) is 0 Å². The first-order valence-corrected chi connectivity index (χ1v) is 8.74. The van der Waals surface area contributed by atoms with Crippen molar-refractivity contribution in [2.45, 2.75) is 52.1 Å². The molecule has 1 saturated carbocycles. The van der Waals surface area contributed by atoms with Crippen LogP contribution in [0.25, 0.3) is 11.0 Å². The van der Waals surface area contributed by atoms with Gasteiger partial charge >= 0.3 is 5.63 Å². The molecule has 0 bridgehead atoms. The summed E-state index contributed by atoms with van der Waals surface area (Å²) in [6.45, 7) is 4.01. The van der Waals surface area contributed by atoms with Crippen LogP contribution in [0.15, 0.2) is 38.0 Å². The van der Waals surface area contributed by atoms with E-state index in [4.69, 9.17) is 13.7 Å². The number of aryl methyl sites for hydroxylation is 1. The highest BCUT2D eigenvalue weighted by molar-refractivity contribution is 5.82. The summed E-state index contributed by atoms with van der Waals surface area (Å²) in [7, 11) is 0. The van der Waals surface area contributed by atoms with Crippen molar-refractivity contribution in [2.75, 3.05) is 0 Å². The molecule has 0 aliphatic heterocycles. The van der Waals surface area contributed by atoms with Crippen LogP contribution in [0.4, 0.5) is 0 Å². The predicted molar refractivity (Wildman–Crippen MR) is 94.0 cm³/mol. The van der Waals surface area contributed by atoms with E-state index in [9.17, 15) is 4.79 Å². The summed E-state index contributed by atoms with van der Waals surface area (Å²) < 4.78 is 16.5. The van der Waals surface area contributed by atoms with Crippen molar-refractivity contribution in [3.05, 3.63) is 57.3 Å². The summed E-state index contributed by atoms with van der Waals surface area (Å²) in [5.41, 5.74) is 2.84. The van der Waals surface area contributed by atoms with Gasteiger partial charge in [0.25, 0.3) is 0 Å². The molecule has 0 atom stereocenters. The van der Waals surface area contributed by atoms with Gasteiger partial charge in [0.15, 0.2) is 5.76 Å². The maximum atomic E-state index is 11.8. The van der Waals surface area contributed by atoms with Crippen molar-refractivity contribution in [2.24, 2.45) is 0 Å². The Morgan fingerprint density at radius 3 is 2.76 bits per heavy atom. The fraction of sp³-hybridized carbons (Fsp3) is 0.400. The fourth-order valence-corrected chi connectivity index (χ4v) is 3.48. The molecule has 5 nitrogen and oxygen atoms in total. The zero-order valence-corrected chi connectivity index (χ0v) is 14.5. The number of rotatable bonds is 4. The predicted octanol–water partition coefficient (Wildman–Crippen LogP) is 4.63. The molecule has 0 saturated heterocycles. The minimum absolute atomic E-state index is 0.306. The highest BCUT2D eigenvalue weighted by atomic mass is 16.5. The summed E-state index contributed by atoms with van der Waals surface area (Å²) in [6, 6.07) is 7.53. The molecule has 25 heavy (non-hydrogen) atoms. The number of nitrogens with zero attached hydrogens (tertiary/aromatic N) is 1. The van der Waals surface area contributed by atoms with E-state index in [1.165, 1.54) is 25.7 Å². The van der Waals surface area contributed by atoms with Crippen molar-refractivity contribution >= 4 is 11.0 Å². The van der Waals surface area contributed by atoms with Gasteiger partial charge in [-0.15, -0.1) is 0 Å². The maximum absolute atomic E-state index is 11.8. The number of benzene rings is 1. The summed E-state index contributed by atoms with van der Waals surface area (Å²) in [5.74, 6) is 1.87. The molecular formula is C20H21NO4. The quantitative estimate of drug-likeness (QED) is 0.648. The zero-order valence-electron chi connectivity index (χ0n) is 14.5. The Labute approximate surface area is 145 Å². The second kappa shape index (κ2) is 6.39. The molecule has 130 valence electrons. The van der Waals surface area contributed by atoms with Crippen molar-refractivity contribution in [1.82, 2.24) is 5.16 Å². The first kappa shape index (κ1) is 15.9. The number of hydrogen-bond donors (Lipinski definition) is 0. The van der Waals surface area contributed by atoms with Crippen LogP contribution < -0.4 is 10.4 Å². The Morgan fingerprint density at radius 2 is 1.96 bits per heavy atom. The van der Waals surface area contributed by atoms with Gasteiger partial charge in [0.2, 0.25) is 0 Å². The third-order valence-corrected chi connectivity index (χ3v) is 5.16. The average Bonchev–Trinajstić information content (AvgIpc) is 3.29. The van der Waals surface area contributed by atoms with E-state index < -0.39 is 0 Å². The lowest BCUT2D eigenvalue weighted by molar-refractivity contribution is 0.248. The molecule has 4 rings (SSSR count). The van der Waals surface area contributed by atoms with Crippen molar-refractivity contribution < 1.29 is 13.7 Å². The summed E-state index contributed by atoms with van der Waals surface area (Å²) in [4.78, 5) is 11.8. The fourth-order valence-electron chi connectivity index (χ4n) is 3.48. The van der Waals surface area contributed by atoms with Gasteiger partial charge in [-0.05, 0) is 44.4 Å². The molecule has 5 heteroatoms. The molecule has 0 radical (unpaired) electrons. The van der Waals surface area contributed by atoms with Crippen LogP contribution in [0, 0.1) is 13.8 Å². The number of fused-ring (bicyclic) bond motifs is 1. The Morgan fingerprint density at radius 1 is 1.16 bits per heavy atom. The molecule has 1 aliphatic rings. The van der Waals surface area contributed by atoms with Crippen molar-refractivity contribution in [3.63, 3.8) is 0 Å². The third-order valence-electron chi connectivity index (χ3n) is 5.16. The summed E-state index contributed by atoms with van der Waals surface area (Å²) in [5, 5.41) is 5.10. The molecule has 1 aliphatic carbocycles. The van der Waals surface area contributed by atoms with Crippen LogP contribution in [-0.4, -0.2) is 5.16 Å². The molecular weight excluding hydrogens is 318 g/mol. The minimum Gasteiger partial charge on any atom is -0.485 e. The lowest BCUT2D eigenvalue weighted by atomic mass is 10.0. The largest absolute Gasteiger partial charge is 0.485 e. The molecule has 1 aromatic carbocycles. The Kier molecular flexibility index (Phi) is 4.07. The molecule has 0 spiro atoms. The van der Waals surface area contributed by atoms with Crippen LogP contribution in [0.5, 0.6) is 5.75 Å². The Bertz CT molecular complexity index is 963. The van der Waals surface area contributed by atoms with Gasteiger partial charge in [-0.25, -0.2) is 4.79 Å². The number of hydrogen-bond acceptors (Lipinski definition) is 5. The molecule has 2 aromatic heterocycles. The Hall–Kier alpha value is -2.56. The van der Waals surface area contributed by atoms with Crippen LogP contribution in [0.1, 0.15) is 54.2 Å². The molecule has 0 amide bonds. The van der Waals surface area contributed by atoms with Crippen LogP contribution in [-0.2, 0) is 6.61 Å². The van der Waals surface area contributed by atoms with Crippen molar-refractivity contribution in [1.29, 1.82) is 0 Å². The Balaban J connectivity index is 1.51. The molecule has 0 N–H and O–H groups in total. The van der Waals surface area contributed by atoms with Gasteiger partial charge in [0.05, 0.1) is 5.69 Å². The molecule has 1 fully saturated rings. The highest BCUT2D eigenvalue weighted by Gasteiger charge is 2.20. The minimum atomic E-state index is -0.307. The maximum Gasteiger partial charge on any atom is 0.339 e.